The molecule has 1 saturated carbocycles. The Morgan fingerprint density at radius 2 is 2.00 bits per heavy atom. The van der Waals surface area contributed by atoms with Gasteiger partial charge in [0.2, 0.25) is 15.9 Å². The van der Waals surface area contributed by atoms with Gasteiger partial charge in [0.15, 0.2) is 0 Å². The van der Waals surface area contributed by atoms with Crippen LogP contribution < -0.4 is 15.4 Å². The van der Waals surface area contributed by atoms with E-state index in [4.69, 9.17) is 0 Å². The van der Waals surface area contributed by atoms with Crippen LogP contribution in [0.2, 0.25) is 0 Å². The maximum Gasteiger partial charge on any atom is 0.240 e. The highest BCUT2D eigenvalue weighted by molar-refractivity contribution is 7.89. The van der Waals surface area contributed by atoms with E-state index >= 15 is 0 Å². The highest BCUT2D eigenvalue weighted by Crippen LogP contribution is 2.44. The van der Waals surface area contributed by atoms with Gasteiger partial charge in [-0.05, 0) is 56.0 Å². The molecule has 1 aliphatic heterocycles. The molecule has 0 bridgehead atoms. The molecule has 0 radical (unpaired) electrons. The fraction of sp³-hybridized carbons (Fsp3) is 0.611. The van der Waals surface area contributed by atoms with Gasteiger partial charge in [0.1, 0.15) is 0 Å². The normalized spacial score (nSPS) is 25.2. The van der Waals surface area contributed by atoms with E-state index in [0.29, 0.717) is 18.2 Å². The molecule has 0 aromatic heterocycles. The molecule has 1 aromatic carbocycles. The number of carbonyl (C=O) groups is 1. The number of carbonyl (C=O) groups excluding carboxylic acids is 1. The number of amides is 1. The minimum absolute atomic E-state index is 0. The summed E-state index contributed by atoms with van der Waals surface area (Å²) in [7, 11) is -3.48. The van der Waals surface area contributed by atoms with Crippen LogP contribution >= 0.6 is 12.4 Å². The van der Waals surface area contributed by atoms with Crippen molar-refractivity contribution in [2.24, 2.45) is 11.3 Å². The van der Waals surface area contributed by atoms with Crippen LogP contribution in [0.3, 0.4) is 0 Å². The topological polar surface area (TPSA) is 87.3 Å². The third kappa shape index (κ3) is 4.22. The zero-order chi connectivity index (χ0) is 17.9. The van der Waals surface area contributed by atoms with E-state index in [9.17, 15) is 13.2 Å². The van der Waals surface area contributed by atoms with Crippen molar-refractivity contribution in [3.8, 4) is 0 Å². The first-order valence-electron chi connectivity index (χ1n) is 9.10. The van der Waals surface area contributed by atoms with Crippen molar-refractivity contribution in [2.45, 2.75) is 43.9 Å². The Kier molecular flexibility index (Phi) is 7.07. The maximum absolute atomic E-state index is 12.9. The van der Waals surface area contributed by atoms with Crippen LogP contribution in [0.15, 0.2) is 29.2 Å². The summed E-state index contributed by atoms with van der Waals surface area (Å²) in [5, 5.41) is 6.37. The Hall–Kier alpha value is -1.15. The Morgan fingerprint density at radius 1 is 1.27 bits per heavy atom. The SMILES string of the molecule is CCCNS(=O)(=O)c1ccc(NC(=O)[C@@]23CCCC[C@H]2CNC3)cc1.Cl. The van der Waals surface area contributed by atoms with Crippen molar-refractivity contribution < 1.29 is 13.2 Å². The second-order valence-corrected chi connectivity index (χ2v) is 8.87. The number of benzene rings is 1. The van der Waals surface area contributed by atoms with Crippen molar-refractivity contribution in [1.29, 1.82) is 0 Å². The molecule has 1 amide bonds. The molecule has 3 rings (SSSR count). The third-order valence-corrected chi connectivity index (χ3v) is 6.93. The van der Waals surface area contributed by atoms with Crippen molar-refractivity contribution in [2.75, 3.05) is 25.0 Å². The molecule has 2 fully saturated rings. The summed E-state index contributed by atoms with van der Waals surface area (Å²) in [6.07, 6.45) is 5.04. The molecule has 1 aromatic rings. The van der Waals surface area contributed by atoms with E-state index in [2.05, 4.69) is 15.4 Å². The first kappa shape index (κ1) is 21.2. The lowest BCUT2D eigenvalue weighted by Gasteiger charge is -2.37. The van der Waals surface area contributed by atoms with E-state index in [0.717, 1.165) is 38.8 Å². The molecule has 8 heteroatoms. The molecular weight excluding hydrogens is 374 g/mol. The quantitative estimate of drug-likeness (QED) is 0.683. The number of hydrogen-bond donors (Lipinski definition) is 3. The summed E-state index contributed by atoms with van der Waals surface area (Å²) in [5.74, 6) is 0.459. The van der Waals surface area contributed by atoms with Gasteiger partial charge >= 0.3 is 0 Å². The smallest absolute Gasteiger partial charge is 0.240 e. The highest BCUT2D eigenvalue weighted by Gasteiger charge is 2.49. The van der Waals surface area contributed by atoms with Gasteiger partial charge in [0.25, 0.3) is 0 Å². The fourth-order valence-electron chi connectivity index (χ4n) is 3.98. The fourth-order valence-corrected chi connectivity index (χ4v) is 5.12. The average molecular weight is 402 g/mol. The van der Waals surface area contributed by atoms with E-state index in [-0.39, 0.29) is 28.6 Å². The largest absolute Gasteiger partial charge is 0.326 e. The molecule has 6 nitrogen and oxygen atoms in total. The van der Waals surface area contributed by atoms with Crippen LogP contribution in [0, 0.1) is 11.3 Å². The van der Waals surface area contributed by atoms with Crippen molar-refractivity contribution in [3.63, 3.8) is 0 Å². The van der Waals surface area contributed by atoms with Gasteiger partial charge in [-0.2, -0.15) is 0 Å². The predicted molar refractivity (Wildman–Crippen MR) is 105 cm³/mol. The van der Waals surface area contributed by atoms with E-state index < -0.39 is 10.0 Å². The summed E-state index contributed by atoms with van der Waals surface area (Å²) >= 11 is 0. The molecule has 1 aliphatic carbocycles. The summed E-state index contributed by atoms with van der Waals surface area (Å²) in [6.45, 7) is 3.97. The molecule has 2 atom stereocenters. The van der Waals surface area contributed by atoms with Crippen molar-refractivity contribution in [1.82, 2.24) is 10.0 Å². The van der Waals surface area contributed by atoms with Gasteiger partial charge in [-0.25, -0.2) is 13.1 Å². The van der Waals surface area contributed by atoms with Gasteiger partial charge in [-0.1, -0.05) is 19.8 Å². The standard InChI is InChI=1S/C18H27N3O3S.ClH/c1-2-11-20-25(23,24)16-8-6-15(7-9-16)21-17(22)18-10-4-3-5-14(18)12-19-13-18;/h6-9,14,19-20H,2-5,10-13H2,1H3,(H,21,22);1H/t14-,18+;/m0./s1. The number of fused-ring (bicyclic) bond motifs is 1. The third-order valence-electron chi connectivity index (χ3n) is 5.45. The predicted octanol–water partition coefficient (Wildman–Crippen LogP) is 2.52. The molecule has 0 spiro atoms. The van der Waals surface area contributed by atoms with Gasteiger partial charge in [-0.15, -0.1) is 12.4 Å². The van der Waals surface area contributed by atoms with E-state index in [1.165, 1.54) is 18.6 Å². The van der Waals surface area contributed by atoms with Crippen LogP contribution in [-0.4, -0.2) is 34.0 Å². The Labute approximate surface area is 162 Å². The van der Waals surface area contributed by atoms with Gasteiger partial charge in [0, 0.05) is 18.8 Å². The van der Waals surface area contributed by atoms with Crippen molar-refractivity contribution in [3.05, 3.63) is 24.3 Å². The number of hydrogen-bond acceptors (Lipinski definition) is 4. The lowest BCUT2D eigenvalue weighted by Crippen LogP contribution is -2.44. The van der Waals surface area contributed by atoms with E-state index in [1.807, 2.05) is 6.92 Å². The Morgan fingerprint density at radius 3 is 2.69 bits per heavy atom. The number of sulfonamides is 1. The van der Waals surface area contributed by atoms with Gasteiger partial charge < -0.3 is 10.6 Å². The summed E-state index contributed by atoms with van der Waals surface area (Å²) < 4.78 is 26.8. The zero-order valence-electron chi connectivity index (χ0n) is 15.1. The monoisotopic (exact) mass is 401 g/mol. The molecule has 3 N–H and O–H groups in total. The van der Waals surface area contributed by atoms with Crippen molar-refractivity contribution >= 4 is 34.0 Å². The number of halogens is 1. The second kappa shape index (κ2) is 8.69. The maximum atomic E-state index is 12.9. The van der Waals surface area contributed by atoms with Crippen LogP contribution in [0.5, 0.6) is 0 Å². The molecule has 26 heavy (non-hydrogen) atoms. The zero-order valence-corrected chi connectivity index (χ0v) is 16.7. The Balaban J connectivity index is 0.00000243. The minimum atomic E-state index is -3.48. The van der Waals surface area contributed by atoms with E-state index in [1.54, 1.807) is 12.1 Å². The van der Waals surface area contributed by atoms with Gasteiger partial charge in [0.05, 0.1) is 10.3 Å². The molecule has 1 heterocycles. The summed E-state index contributed by atoms with van der Waals surface area (Å²) in [4.78, 5) is 13.1. The number of anilines is 1. The lowest BCUT2D eigenvalue weighted by molar-refractivity contribution is -0.128. The van der Waals surface area contributed by atoms with Crippen LogP contribution in [0.4, 0.5) is 5.69 Å². The first-order valence-corrected chi connectivity index (χ1v) is 10.6. The lowest BCUT2D eigenvalue weighted by atomic mass is 9.67. The average Bonchev–Trinajstić information content (AvgIpc) is 3.06. The van der Waals surface area contributed by atoms with Crippen LogP contribution in [-0.2, 0) is 14.8 Å². The first-order chi connectivity index (χ1) is 12.0. The molecule has 146 valence electrons. The summed E-state index contributed by atoms with van der Waals surface area (Å²) in [6, 6.07) is 6.40. The summed E-state index contributed by atoms with van der Waals surface area (Å²) in [5.41, 5.74) is 0.330. The minimum Gasteiger partial charge on any atom is -0.326 e. The molecule has 0 unspecified atom stereocenters. The highest BCUT2D eigenvalue weighted by atomic mass is 35.5. The Bertz CT molecular complexity index is 724. The molecular formula is C18H28ClN3O3S. The van der Waals surface area contributed by atoms with Crippen LogP contribution in [0.25, 0.3) is 0 Å². The number of nitrogens with one attached hydrogen (secondary N) is 3. The van der Waals surface area contributed by atoms with Gasteiger partial charge in [-0.3, -0.25) is 4.79 Å². The second-order valence-electron chi connectivity index (χ2n) is 7.11. The molecule has 1 saturated heterocycles. The number of rotatable bonds is 6. The molecule has 2 aliphatic rings. The van der Waals surface area contributed by atoms with Crippen LogP contribution in [0.1, 0.15) is 39.0 Å².